The number of rotatable bonds is 4. The Hall–Kier alpha value is -2.70. The smallest absolute Gasteiger partial charge is 0.262 e. The van der Waals surface area contributed by atoms with E-state index in [0.717, 1.165) is 27.5 Å². The fourth-order valence-electron chi connectivity index (χ4n) is 3.29. The Morgan fingerprint density at radius 1 is 1.15 bits per heavy atom. The van der Waals surface area contributed by atoms with Gasteiger partial charge in [-0.25, -0.2) is 0 Å². The third-order valence-corrected chi connectivity index (χ3v) is 5.13. The maximum atomic E-state index is 12.6. The van der Waals surface area contributed by atoms with Gasteiger partial charge in [-0.15, -0.1) is 10.2 Å². The van der Waals surface area contributed by atoms with Crippen molar-refractivity contribution < 1.29 is 0 Å². The molecule has 0 saturated heterocycles. The van der Waals surface area contributed by atoms with Crippen molar-refractivity contribution in [2.75, 3.05) is 0 Å². The minimum absolute atomic E-state index is 0.0670. The van der Waals surface area contributed by atoms with E-state index in [2.05, 4.69) is 22.4 Å². The van der Waals surface area contributed by atoms with Crippen LogP contribution >= 0.6 is 11.6 Å². The van der Waals surface area contributed by atoms with Crippen molar-refractivity contribution in [2.45, 2.75) is 26.4 Å². The summed E-state index contributed by atoms with van der Waals surface area (Å²) in [4.78, 5) is 12.6. The van der Waals surface area contributed by atoms with Crippen LogP contribution < -0.4 is 10.9 Å². The van der Waals surface area contributed by atoms with Gasteiger partial charge < -0.3 is 5.32 Å². The number of nitrogens with zero attached hydrogens (tertiary/aromatic N) is 4. The van der Waals surface area contributed by atoms with Gasteiger partial charge in [0.05, 0.1) is 17.4 Å². The van der Waals surface area contributed by atoms with Crippen LogP contribution in [0, 0.1) is 6.92 Å². The molecular formula is C20H20ClN5O. The van der Waals surface area contributed by atoms with Gasteiger partial charge in [-0.3, -0.25) is 13.8 Å². The third kappa shape index (κ3) is 3.11. The number of hydrogen-bond acceptors (Lipinski definition) is 4. The minimum atomic E-state index is -0.0670. The first-order chi connectivity index (χ1) is 13.0. The van der Waals surface area contributed by atoms with Gasteiger partial charge in [-0.05, 0) is 43.7 Å². The lowest BCUT2D eigenvalue weighted by Crippen LogP contribution is -2.22. The van der Waals surface area contributed by atoms with E-state index in [0.29, 0.717) is 17.7 Å². The lowest BCUT2D eigenvalue weighted by molar-refractivity contribution is 0.557. The van der Waals surface area contributed by atoms with Gasteiger partial charge in [0, 0.05) is 18.1 Å². The zero-order valence-corrected chi connectivity index (χ0v) is 16.2. The van der Waals surface area contributed by atoms with Gasteiger partial charge in [0.1, 0.15) is 0 Å². The maximum absolute atomic E-state index is 12.6. The SMILES string of the molecule is Cc1ccc2c(c1)c(=O)n(C)c1nnc(CNC(C)c3ccc(Cl)cc3)n21. The summed E-state index contributed by atoms with van der Waals surface area (Å²) in [5, 5.41) is 13.4. The molecule has 1 unspecified atom stereocenters. The first kappa shape index (κ1) is 17.7. The van der Waals surface area contributed by atoms with Gasteiger partial charge >= 0.3 is 0 Å². The number of aryl methyl sites for hydroxylation is 2. The van der Waals surface area contributed by atoms with E-state index >= 15 is 0 Å². The predicted molar refractivity (Wildman–Crippen MR) is 107 cm³/mol. The summed E-state index contributed by atoms with van der Waals surface area (Å²) < 4.78 is 3.48. The van der Waals surface area contributed by atoms with Gasteiger partial charge in [0.2, 0.25) is 5.78 Å². The van der Waals surface area contributed by atoms with E-state index in [1.54, 1.807) is 11.6 Å². The molecule has 0 bridgehead atoms. The molecule has 7 heteroatoms. The third-order valence-electron chi connectivity index (χ3n) is 4.88. The van der Waals surface area contributed by atoms with Crippen LogP contribution in [0.4, 0.5) is 0 Å². The summed E-state index contributed by atoms with van der Waals surface area (Å²) in [5.74, 6) is 1.29. The largest absolute Gasteiger partial charge is 0.303 e. The molecule has 0 amide bonds. The van der Waals surface area contributed by atoms with E-state index in [1.165, 1.54) is 0 Å². The van der Waals surface area contributed by atoms with Crippen molar-refractivity contribution in [3.8, 4) is 0 Å². The Balaban J connectivity index is 1.73. The fourth-order valence-corrected chi connectivity index (χ4v) is 3.41. The molecule has 4 rings (SSSR count). The van der Waals surface area contributed by atoms with Crippen LogP contribution in [0.1, 0.15) is 29.9 Å². The van der Waals surface area contributed by atoms with E-state index in [9.17, 15) is 4.79 Å². The van der Waals surface area contributed by atoms with Crippen molar-refractivity contribution in [3.63, 3.8) is 0 Å². The lowest BCUT2D eigenvalue weighted by Gasteiger charge is -2.14. The molecule has 0 aliphatic carbocycles. The fraction of sp³-hybridized carbons (Fsp3) is 0.250. The van der Waals surface area contributed by atoms with Crippen molar-refractivity contribution in [3.05, 3.63) is 74.8 Å². The highest BCUT2D eigenvalue weighted by Crippen LogP contribution is 2.18. The maximum Gasteiger partial charge on any atom is 0.262 e. The molecular weight excluding hydrogens is 362 g/mol. The summed E-state index contributed by atoms with van der Waals surface area (Å²) in [6.07, 6.45) is 0. The topological polar surface area (TPSA) is 64.2 Å². The molecule has 0 aliphatic rings. The number of benzene rings is 2. The second kappa shape index (κ2) is 6.79. The Morgan fingerprint density at radius 3 is 2.63 bits per heavy atom. The summed E-state index contributed by atoms with van der Waals surface area (Å²) in [7, 11) is 1.72. The van der Waals surface area contributed by atoms with Crippen LogP contribution in [0.5, 0.6) is 0 Å². The highest BCUT2D eigenvalue weighted by atomic mass is 35.5. The van der Waals surface area contributed by atoms with Gasteiger partial charge in [-0.2, -0.15) is 0 Å². The first-order valence-corrected chi connectivity index (χ1v) is 9.15. The summed E-state index contributed by atoms with van der Waals surface area (Å²) in [5.41, 5.74) is 2.94. The van der Waals surface area contributed by atoms with Crippen molar-refractivity contribution >= 4 is 28.3 Å². The lowest BCUT2D eigenvalue weighted by atomic mass is 10.1. The molecule has 27 heavy (non-hydrogen) atoms. The molecule has 138 valence electrons. The highest BCUT2D eigenvalue weighted by Gasteiger charge is 2.15. The zero-order valence-electron chi connectivity index (χ0n) is 15.4. The Labute approximate surface area is 161 Å². The van der Waals surface area contributed by atoms with Crippen LogP contribution in [0.25, 0.3) is 16.7 Å². The van der Waals surface area contributed by atoms with Crippen molar-refractivity contribution in [1.29, 1.82) is 0 Å². The molecule has 1 atom stereocenters. The minimum Gasteiger partial charge on any atom is -0.303 e. The van der Waals surface area contributed by atoms with Crippen LogP contribution in [0.15, 0.2) is 47.3 Å². The number of hydrogen-bond donors (Lipinski definition) is 1. The van der Waals surface area contributed by atoms with Crippen LogP contribution in [-0.2, 0) is 13.6 Å². The van der Waals surface area contributed by atoms with Crippen molar-refractivity contribution in [2.24, 2.45) is 7.05 Å². The van der Waals surface area contributed by atoms with E-state index in [-0.39, 0.29) is 11.6 Å². The average molecular weight is 382 g/mol. The summed E-state index contributed by atoms with van der Waals surface area (Å²) in [6, 6.07) is 13.7. The number of halogens is 1. The second-order valence-corrected chi connectivity index (χ2v) is 7.23. The van der Waals surface area contributed by atoms with Gasteiger partial charge in [0.15, 0.2) is 5.82 Å². The van der Waals surface area contributed by atoms with E-state index in [1.807, 2.05) is 53.8 Å². The molecule has 0 spiro atoms. The summed E-state index contributed by atoms with van der Waals surface area (Å²) >= 11 is 5.96. The summed E-state index contributed by atoms with van der Waals surface area (Å²) in [6.45, 7) is 4.58. The van der Waals surface area contributed by atoms with Gasteiger partial charge in [-0.1, -0.05) is 35.4 Å². The van der Waals surface area contributed by atoms with Crippen molar-refractivity contribution in [1.82, 2.24) is 24.5 Å². The molecule has 0 aliphatic heterocycles. The number of nitrogens with one attached hydrogen (secondary N) is 1. The Bertz CT molecular complexity index is 1190. The predicted octanol–water partition coefficient (Wildman–Crippen LogP) is 3.39. The number of aromatic nitrogens is 4. The Morgan fingerprint density at radius 2 is 1.89 bits per heavy atom. The molecule has 2 aromatic carbocycles. The van der Waals surface area contributed by atoms with Crippen LogP contribution in [0.3, 0.4) is 0 Å². The van der Waals surface area contributed by atoms with Crippen LogP contribution in [-0.4, -0.2) is 19.2 Å². The molecule has 0 saturated carbocycles. The second-order valence-electron chi connectivity index (χ2n) is 6.79. The molecule has 6 nitrogen and oxygen atoms in total. The van der Waals surface area contributed by atoms with Crippen LogP contribution in [0.2, 0.25) is 5.02 Å². The molecule has 2 aromatic heterocycles. The number of fused-ring (bicyclic) bond motifs is 3. The first-order valence-electron chi connectivity index (χ1n) is 8.78. The monoisotopic (exact) mass is 381 g/mol. The molecule has 1 N–H and O–H groups in total. The molecule has 4 aromatic rings. The van der Waals surface area contributed by atoms with E-state index < -0.39 is 0 Å². The van der Waals surface area contributed by atoms with Gasteiger partial charge in [0.25, 0.3) is 5.56 Å². The Kier molecular flexibility index (Phi) is 4.45. The highest BCUT2D eigenvalue weighted by molar-refractivity contribution is 6.30. The normalized spacial score (nSPS) is 12.7. The molecule has 0 fully saturated rings. The average Bonchev–Trinajstić information content (AvgIpc) is 3.09. The van der Waals surface area contributed by atoms with E-state index in [4.69, 9.17) is 11.6 Å². The molecule has 0 radical (unpaired) electrons. The molecule has 2 heterocycles. The zero-order chi connectivity index (χ0) is 19.1. The quantitative estimate of drug-likeness (QED) is 0.588. The standard InChI is InChI=1S/C20H20ClN5O/c1-12-4-9-17-16(10-12)19(27)25(3)20-24-23-18(26(17)20)11-22-13(2)14-5-7-15(21)8-6-14/h4-10,13,22H,11H2,1-3H3.